The van der Waals surface area contributed by atoms with Gasteiger partial charge in [-0.3, -0.25) is 0 Å². The molecule has 5 heteroatoms. The van der Waals surface area contributed by atoms with Gasteiger partial charge in [0.2, 0.25) is 0 Å². The highest BCUT2D eigenvalue weighted by Crippen LogP contribution is 2.32. The summed E-state index contributed by atoms with van der Waals surface area (Å²) >= 11 is 0. The van der Waals surface area contributed by atoms with Crippen LogP contribution >= 0.6 is 0 Å². The quantitative estimate of drug-likeness (QED) is 0.0981. The highest BCUT2D eigenvalue weighted by molar-refractivity contribution is 5.89. The van der Waals surface area contributed by atoms with Crippen LogP contribution in [0.5, 0.6) is 0 Å². The normalized spacial score (nSPS) is 12.3. The molecule has 43 heavy (non-hydrogen) atoms. The largest absolute Gasteiger partial charge is 0.462 e. The monoisotopic (exact) mass is 578 g/mol. The molecule has 0 amide bonds. The highest BCUT2D eigenvalue weighted by atomic mass is 16.5. The third-order valence-corrected chi connectivity index (χ3v) is 7.35. The number of esters is 2. The van der Waals surface area contributed by atoms with E-state index in [2.05, 4.69) is 38.1 Å². The number of carbonyl (C=O) groups excluding carboxylic acids is 2. The number of unbranched alkanes of at least 4 members (excludes halogenated alkanes) is 2. The van der Waals surface area contributed by atoms with Gasteiger partial charge in [0.1, 0.15) is 0 Å². The fourth-order valence-corrected chi connectivity index (χ4v) is 4.79. The Hall–Kier alpha value is -4.22. The third kappa shape index (κ3) is 9.93. The van der Waals surface area contributed by atoms with Gasteiger partial charge < -0.3 is 14.2 Å². The van der Waals surface area contributed by atoms with Crippen LogP contribution in [0.3, 0.4) is 0 Å². The molecule has 224 valence electrons. The standard InChI is InChI=1S/C38H42O5/c1-3-5-25-41-37(39)33-21-17-29(18-22-33)27-35(31-13-9-7-10-14-31)43-36(32-15-11-8-12-16-32)28-30-19-23-34(24-20-30)38(40)42-26-6-4-2/h7-24,35-36H,3-6,25-28H2,1-2H3. The van der Waals surface area contributed by atoms with Crippen LogP contribution < -0.4 is 0 Å². The molecule has 0 saturated heterocycles. The number of ether oxygens (including phenoxy) is 3. The maximum Gasteiger partial charge on any atom is 0.338 e. The summed E-state index contributed by atoms with van der Waals surface area (Å²) in [4.78, 5) is 24.8. The molecule has 4 aromatic carbocycles. The molecule has 0 heterocycles. The van der Waals surface area contributed by atoms with E-state index in [0.717, 1.165) is 47.9 Å². The smallest absolute Gasteiger partial charge is 0.338 e. The van der Waals surface area contributed by atoms with Crippen LogP contribution in [0.1, 0.15) is 94.7 Å². The SMILES string of the molecule is CCCCOC(=O)c1ccc(CC(OC(Cc2ccc(C(=O)OCCCC)cc2)c2ccccc2)c2ccccc2)cc1. The number of hydrogen-bond donors (Lipinski definition) is 0. The molecule has 0 N–H and O–H groups in total. The summed E-state index contributed by atoms with van der Waals surface area (Å²) in [5.74, 6) is -0.583. The Morgan fingerprint density at radius 1 is 0.535 bits per heavy atom. The zero-order chi connectivity index (χ0) is 30.3. The van der Waals surface area contributed by atoms with Crippen LogP contribution in [-0.4, -0.2) is 25.2 Å². The van der Waals surface area contributed by atoms with Crippen LogP contribution in [-0.2, 0) is 27.1 Å². The topological polar surface area (TPSA) is 61.8 Å². The van der Waals surface area contributed by atoms with E-state index in [1.165, 1.54) is 0 Å². The molecule has 0 aliphatic heterocycles. The second kappa shape index (κ2) is 17.0. The van der Waals surface area contributed by atoms with E-state index in [1.54, 1.807) is 0 Å². The van der Waals surface area contributed by atoms with Crippen LogP contribution in [0.4, 0.5) is 0 Å². The van der Waals surface area contributed by atoms with Crippen LogP contribution in [0.15, 0.2) is 109 Å². The summed E-state index contributed by atoms with van der Waals surface area (Å²) in [5.41, 5.74) is 5.40. The van der Waals surface area contributed by atoms with Gasteiger partial charge in [0.15, 0.2) is 0 Å². The second-order valence-corrected chi connectivity index (χ2v) is 10.7. The average Bonchev–Trinajstić information content (AvgIpc) is 3.05. The van der Waals surface area contributed by atoms with E-state index in [-0.39, 0.29) is 24.1 Å². The van der Waals surface area contributed by atoms with Gasteiger partial charge >= 0.3 is 11.9 Å². The number of rotatable bonds is 16. The van der Waals surface area contributed by atoms with E-state index < -0.39 is 0 Å². The molecule has 0 aromatic heterocycles. The molecular weight excluding hydrogens is 536 g/mol. The molecule has 5 nitrogen and oxygen atoms in total. The predicted octanol–water partition coefficient (Wildman–Crippen LogP) is 8.88. The van der Waals surface area contributed by atoms with Crippen molar-refractivity contribution in [1.29, 1.82) is 0 Å². The van der Waals surface area contributed by atoms with Crippen molar-refractivity contribution < 1.29 is 23.8 Å². The van der Waals surface area contributed by atoms with Gasteiger partial charge in [-0.05, 0) is 59.4 Å². The number of benzene rings is 4. The molecule has 0 bridgehead atoms. The van der Waals surface area contributed by atoms with E-state index in [1.807, 2.05) is 84.9 Å². The number of carbonyl (C=O) groups is 2. The lowest BCUT2D eigenvalue weighted by atomic mass is 9.97. The van der Waals surface area contributed by atoms with Gasteiger partial charge in [0.25, 0.3) is 0 Å². The summed E-state index contributed by atoms with van der Waals surface area (Å²) in [7, 11) is 0. The van der Waals surface area contributed by atoms with E-state index in [4.69, 9.17) is 14.2 Å². The van der Waals surface area contributed by atoms with Crippen molar-refractivity contribution in [3.63, 3.8) is 0 Å². The van der Waals surface area contributed by atoms with E-state index >= 15 is 0 Å². The van der Waals surface area contributed by atoms with Gasteiger partial charge in [-0.25, -0.2) is 9.59 Å². The Labute approximate surface area is 255 Å². The van der Waals surface area contributed by atoms with Gasteiger partial charge in [0, 0.05) is 12.8 Å². The summed E-state index contributed by atoms with van der Waals surface area (Å²) in [5, 5.41) is 0. The van der Waals surface area contributed by atoms with Crippen LogP contribution in [0.25, 0.3) is 0 Å². The Morgan fingerprint density at radius 3 is 1.26 bits per heavy atom. The minimum Gasteiger partial charge on any atom is -0.462 e. The van der Waals surface area contributed by atoms with Gasteiger partial charge in [-0.2, -0.15) is 0 Å². The Balaban J connectivity index is 1.52. The Kier molecular flexibility index (Phi) is 12.6. The molecular formula is C38H42O5. The fraction of sp³-hybridized carbons (Fsp3) is 0.316. The van der Waals surface area contributed by atoms with Crippen molar-refractivity contribution in [2.24, 2.45) is 0 Å². The predicted molar refractivity (Wildman–Crippen MR) is 170 cm³/mol. The summed E-state index contributed by atoms with van der Waals surface area (Å²) in [6, 6.07) is 35.7. The Bertz CT molecular complexity index is 1270. The lowest BCUT2D eigenvalue weighted by Gasteiger charge is -2.26. The maximum atomic E-state index is 12.4. The van der Waals surface area contributed by atoms with Crippen LogP contribution in [0, 0.1) is 0 Å². The molecule has 0 spiro atoms. The molecule has 4 rings (SSSR count). The summed E-state index contributed by atoms with van der Waals surface area (Å²) in [6.07, 6.45) is 4.52. The minimum absolute atomic E-state index is 0.221. The van der Waals surface area contributed by atoms with Gasteiger partial charge in [-0.1, -0.05) is 112 Å². The molecule has 0 fully saturated rings. The Morgan fingerprint density at radius 2 is 0.907 bits per heavy atom. The first kappa shape index (κ1) is 31.7. The molecule has 0 aliphatic carbocycles. The van der Waals surface area contributed by atoms with Crippen molar-refractivity contribution in [3.05, 3.63) is 143 Å². The molecule has 2 unspecified atom stereocenters. The van der Waals surface area contributed by atoms with Crippen molar-refractivity contribution in [1.82, 2.24) is 0 Å². The first-order valence-corrected chi connectivity index (χ1v) is 15.3. The van der Waals surface area contributed by atoms with Crippen molar-refractivity contribution in [2.45, 2.75) is 64.6 Å². The zero-order valence-electron chi connectivity index (χ0n) is 25.2. The average molecular weight is 579 g/mol. The molecule has 0 radical (unpaired) electrons. The number of hydrogen-bond acceptors (Lipinski definition) is 5. The van der Waals surface area contributed by atoms with Crippen molar-refractivity contribution in [2.75, 3.05) is 13.2 Å². The fourth-order valence-electron chi connectivity index (χ4n) is 4.79. The first-order valence-electron chi connectivity index (χ1n) is 15.3. The van der Waals surface area contributed by atoms with E-state index in [9.17, 15) is 9.59 Å². The molecule has 2 atom stereocenters. The second-order valence-electron chi connectivity index (χ2n) is 10.7. The lowest BCUT2D eigenvalue weighted by molar-refractivity contribution is -0.0149. The summed E-state index contributed by atoms with van der Waals surface area (Å²) in [6.45, 7) is 5.01. The molecule has 0 saturated carbocycles. The summed E-state index contributed by atoms with van der Waals surface area (Å²) < 4.78 is 17.7. The van der Waals surface area contributed by atoms with Crippen LogP contribution in [0.2, 0.25) is 0 Å². The molecule has 4 aromatic rings. The third-order valence-electron chi connectivity index (χ3n) is 7.35. The van der Waals surface area contributed by atoms with Gasteiger partial charge in [0.05, 0.1) is 36.5 Å². The zero-order valence-corrected chi connectivity index (χ0v) is 25.2. The first-order chi connectivity index (χ1) is 21.1. The van der Waals surface area contributed by atoms with Gasteiger partial charge in [-0.15, -0.1) is 0 Å². The maximum absolute atomic E-state index is 12.4. The lowest BCUT2D eigenvalue weighted by Crippen LogP contribution is -2.15. The van der Waals surface area contributed by atoms with Crippen molar-refractivity contribution >= 4 is 11.9 Å². The highest BCUT2D eigenvalue weighted by Gasteiger charge is 2.22. The minimum atomic E-state index is -0.291. The van der Waals surface area contributed by atoms with E-state index in [0.29, 0.717) is 37.2 Å². The van der Waals surface area contributed by atoms with Crippen molar-refractivity contribution in [3.8, 4) is 0 Å². The molecule has 0 aliphatic rings.